The van der Waals surface area contributed by atoms with Crippen molar-refractivity contribution in [2.24, 2.45) is 0 Å². The molecule has 0 unspecified atom stereocenters. The summed E-state index contributed by atoms with van der Waals surface area (Å²) in [6.07, 6.45) is -2.75. The molecule has 0 aliphatic carbocycles. The summed E-state index contributed by atoms with van der Waals surface area (Å²) in [6, 6.07) is 0. The van der Waals surface area contributed by atoms with Gasteiger partial charge in [-0.15, -0.1) is 23.5 Å². The molecular formula is C6H7F3S2. The van der Waals surface area contributed by atoms with Crippen molar-refractivity contribution in [1.29, 1.82) is 0 Å². The Morgan fingerprint density at radius 2 is 1.73 bits per heavy atom. The lowest BCUT2D eigenvalue weighted by Gasteiger charge is -2.12. The molecule has 0 bridgehead atoms. The molecule has 0 N–H and O–H groups in total. The monoisotopic (exact) mass is 200 g/mol. The van der Waals surface area contributed by atoms with Gasteiger partial charge in [-0.3, -0.25) is 0 Å². The first-order chi connectivity index (χ1) is 5.08. The molecule has 1 aliphatic rings. The van der Waals surface area contributed by atoms with Crippen LogP contribution in [0.1, 0.15) is 6.42 Å². The second-order valence-corrected chi connectivity index (χ2v) is 4.59. The third kappa shape index (κ3) is 3.96. The molecule has 1 saturated heterocycles. The molecule has 1 heterocycles. The molecule has 64 valence electrons. The van der Waals surface area contributed by atoms with Gasteiger partial charge >= 0.3 is 6.18 Å². The average molecular weight is 200 g/mol. The van der Waals surface area contributed by atoms with Crippen LogP contribution in [0.2, 0.25) is 0 Å². The topological polar surface area (TPSA) is 0 Å². The molecule has 0 amide bonds. The summed E-state index contributed by atoms with van der Waals surface area (Å²) in [6.45, 7) is 0. The third-order valence-corrected chi connectivity index (χ3v) is 3.56. The van der Waals surface area contributed by atoms with Gasteiger partial charge in [0.25, 0.3) is 0 Å². The predicted octanol–water partition coefficient (Wildman–Crippen LogP) is 3.26. The molecule has 5 heteroatoms. The first kappa shape index (κ1) is 9.32. The van der Waals surface area contributed by atoms with E-state index in [0.29, 0.717) is 10.3 Å². The third-order valence-electron chi connectivity index (χ3n) is 1.06. The molecule has 11 heavy (non-hydrogen) atoms. The van der Waals surface area contributed by atoms with Crippen molar-refractivity contribution in [3.63, 3.8) is 0 Å². The summed E-state index contributed by atoms with van der Waals surface area (Å²) in [5.41, 5.74) is 0. The highest BCUT2D eigenvalue weighted by molar-refractivity contribution is 8.22. The lowest BCUT2D eigenvalue weighted by atomic mass is 10.6. The van der Waals surface area contributed by atoms with Crippen LogP contribution in [-0.4, -0.2) is 17.7 Å². The fourth-order valence-corrected chi connectivity index (χ4v) is 3.09. The lowest BCUT2D eigenvalue weighted by molar-refractivity contribution is -0.0798. The number of rotatable bonds is 0. The van der Waals surface area contributed by atoms with Crippen molar-refractivity contribution in [1.82, 2.24) is 0 Å². The van der Waals surface area contributed by atoms with E-state index in [1.807, 2.05) is 0 Å². The van der Waals surface area contributed by atoms with Crippen LogP contribution >= 0.6 is 23.5 Å². The molecule has 0 aromatic heterocycles. The Hall–Kier alpha value is 0.230. The Kier molecular flexibility index (Phi) is 3.18. The summed E-state index contributed by atoms with van der Waals surface area (Å²) in [5, 5.41) is 0. The van der Waals surface area contributed by atoms with Gasteiger partial charge in [-0.1, -0.05) is 0 Å². The van der Waals surface area contributed by atoms with Crippen LogP contribution in [0.4, 0.5) is 13.2 Å². The molecule has 0 aromatic rings. The molecule has 0 radical (unpaired) electrons. The van der Waals surface area contributed by atoms with E-state index in [4.69, 9.17) is 0 Å². The van der Waals surface area contributed by atoms with Crippen molar-refractivity contribution in [3.05, 3.63) is 10.3 Å². The van der Waals surface area contributed by atoms with Crippen LogP contribution in [0.25, 0.3) is 0 Å². The van der Waals surface area contributed by atoms with E-state index < -0.39 is 6.18 Å². The van der Waals surface area contributed by atoms with Crippen molar-refractivity contribution in [2.75, 3.05) is 11.5 Å². The fourth-order valence-electron chi connectivity index (χ4n) is 0.663. The summed E-state index contributed by atoms with van der Waals surface area (Å²) in [7, 11) is 0. The molecular weight excluding hydrogens is 193 g/mol. The molecule has 0 nitrogen and oxygen atoms in total. The van der Waals surface area contributed by atoms with Crippen LogP contribution in [-0.2, 0) is 0 Å². The zero-order valence-electron chi connectivity index (χ0n) is 5.65. The number of hydrogen-bond donors (Lipinski definition) is 0. The minimum atomic E-state index is -4.15. The summed E-state index contributed by atoms with van der Waals surface area (Å²) in [4.78, 5) is 0. The zero-order chi connectivity index (χ0) is 8.32. The van der Waals surface area contributed by atoms with Gasteiger partial charge in [0, 0.05) is 10.3 Å². The molecule has 0 spiro atoms. The zero-order valence-corrected chi connectivity index (χ0v) is 7.28. The minimum absolute atomic E-state index is 0.390. The summed E-state index contributed by atoms with van der Waals surface area (Å²) >= 11 is 2.59. The molecule has 1 fully saturated rings. The van der Waals surface area contributed by atoms with E-state index in [2.05, 4.69) is 0 Å². The van der Waals surface area contributed by atoms with E-state index in [-0.39, 0.29) is 0 Å². The molecule has 0 atom stereocenters. The number of allylic oxidation sites excluding steroid dienone is 1. The smallest absolute Gasteiger partial charge is 0.167 e. The lowest BCUT2D eigenvalue weighted by Crippen LogP contribution is -2.03. The molecule has 1 aliphatic heterocycles. The van der Waals surface area contributed by atoms with E-state index in [0.717, 1.165) is 17.9 Å². The van der Waals surface area contributed by atoms with Crippen LogP contribution in [0.5, 0.6) is 0 Å². The maximum atomic E-state index is 11.7. The van der Waals surface area contributed by atoms with Gasteiger partial charge in [-0.05, 0) is 17.9 Å². The number of hydrogen-bond acceptors (Lipinski definition) is 2. The van der Waals surface area contributed by atoms with Crippen molar-refractivity contribution in [3.8, 4) is 0 Å². The van der Waals surface area contributed by atoms with E-state index in [1.54, 1.807) is 0 Å². The highest BCUT2D eigenvalue weighted by Gasteiger charge is 2.25. The number of halogens is 3. The Balaban J connectivity index is 2.50. The number of alkyl halides is 3. The minimum Gasteiger partial charge on any atom is -0.167 e. The normalized spacial score (nSPS) is 20.1. The Morgan fingerprint density at radius 3 is 2.18 bits per heavy atom. The van der Waals surface area contributed by atoms with Gasteiger partial charge in [-0.25, -0.2) is 0 Å². The molecule has 0 aromatic carbocycles. The molecule has 0 saturated carbocycles. The van der Waals surface area contributed by atoms with Crippen LogP contribution in [0.3, 0.4) is 0 Å². The van der Waals surface area contributed by atoms with Gasteiger partial charge < -0.3 is 0 Å². The van der Waals surface area contributed by atoms with E-state index in [1.165, 1.54) is 23.5 Å². The predicted molar refractivity (Wildman–Crippen MR) is 43.7 cm³/mol. The highest BCUT2D eigenvalue weighted by atomic mass is 32.2. The second kappa shape index (κ2) is 3.76. The summed E-state index contributed by atoms with van der Waals surface area (Å²) in [5.74, 6) is 1.63. The van der Waals surface area contributed by atoms with Crippen molar-refractivity contribution < 1.29 is 13.2 Å². The first-order valence-electron chi connectivity index (χ1n) is 3.13. The fraction of sp³-hybridized carbons (Fsp3) is 0.667. The Labute approximate surface area is 71.6 Å². The van der Waals surface area contributed by atoms with Gasteiger partial charge in [0.2, 0.25) is 0 Å². The Bertz CT molecular complexity index is 154. The van der Waals surface area contributed by atoms with Crippen molar-refractivity contribution in [2.45, 2.75) is 12.6 Å². The van der Waals surface area contributed by atoms with Crippen LogP contribution in [0.15, 0.2) is 10.3 Å². The van der Waals surface area contributed by atoms with Gasteiger partial charge in [0.1, 0.15) is 0 Å². The molecule has 1 rings (SSSR count). The quantitative estimate of drug-likeness (QED) is 0.588. The number of thioether (sulfide) groups is 2. The van der Waals surface area contributed by atoms with E-state index in [9.17, 15) is 13.2 Å². The second-order valence-electron chi connectivity index (χ2n) is 2.06. The standard InChI is InChI=1S/C6H7F3S2/c7-6(8,9)4-5-10-2-1-3-11-5/h4H,1-3H2. The van der Waals surface area contributed by atoms with E-state index >= 15 is 0 Å². The van der Waals surface area contributed by atoms with Gasteiger partial charge in [0.05, 0.1) is 0 Å². The average Bonchev–Trinajstić information content (AvgIpc) is 1.85. The first-order valence-corrected chi connectivity index (χ1v) is 5.10. The Morgan fingerprint density at radius 1 is 1.18 bits per heavy atom. The maximum Gasteiger partial charge on any atom is 0.411 e. The summed E-state index contributed by atoms with van der Waals surface area (Å²) < 4.78 is 35.6. The van der Waals surface area contributed by atoms with Gasteiger partial charge in [-0.2, -0.15) is 13.2 Å². The maximum absolute atomic E-state index is 11.7. The SMILES string of the molecule is FC(F)(F)C=C1SCCCS1. The van der Waals surface area contributed by atoms with Crippen molar-refractivity contribution >= 4 is 23.5 Å². The van der Waals surface area contributed by atoms with Gasteiger partial charge in [0.15, 0.2) is 0 Å². The van der Waals surface area contributed by atoms with Crippen LogP contribution < -0.4 is 0 Å². The largest absolute Gasteiger partial charge is 0.411 e. The van der Waals surface area contributed by atoms with Crippen LogP contribution in [0, 0.1) is 0 Å². The highest BCUT2D eigenvalue weighted by Crippen LogP contribution is 2.37.